The lowest BCUT2D eigenvalue weighted by Gasteiger charge is -2.27. The van der Waals surface area contributed by atoms with Gasteiger partial charge in [0.25, 0.3) is 0 Å². The highest BCUT2D eigenvalue weighted by Gasteiger charge is 2.20. The Kier molecular flexibility index (Phi) is 3.58. The largest absolute Gasteiger partial charge is 0.381 e. The molecule has 0 amide bonds. The molecule has 1 nitrogen and oxygen atoms in total. The summed E-state index contributed by atoms with van der Waals surface area (Å²) in [7, 11) is 0. The monoisotopic (exact) mass is 232 g/mol. The molecule has 0 spiro atoms. The summed E-state index contributed by atoms with van der Waals surface area (Å²) in [5.74, 6) is 0.603. The predicted octanol–water partition coefficient (Wildman–Crippen LogP) is 4.19. The van der Waals surface area contributed by atoms with Gasteiger partial charge in [-0.3, -0.25) is 0 Å². The molecule has 1 aliphatic rings. The zero-order valence-corrected chi connectivity index (χ0v) is 11.5. The molecule has 0 saturated carbocycles. The van der Waals surface area contributed by atoms with Crippen molar-refractivity contribution in [2.45, 2.75) is 51.9 Å². The quantitative estimate of drug-likeness (QED) is 0.705. The first-order chi connectivity index (χ1) is 7.98. The number of hydrogen-bond acceptors (Lipinski definition) is 1. The van der Waals surface area contributed by atoms with E-state index in [9.17, 15) is 0 Å². The van der Waals surface area contributed by atoms with Gasteiger partial charge in [0.05, 0.1) is 6.61 Å². The molecule has 17 heavy (non-hydrogen) atoms. The van der Waals surface area contributed by atoms with E-state index in [1.807, 2.05) is 0 Å². The van der Waals surface area contributed by atoms with Crippen molar-refractivity contribution < 1.29 is 4.74 Å². The molecule has 1 saturated heterocycles. The number of hydrogen-bond donors (Lipinski definition) is 0. The summed E-state index contributed by atoms with van der Waals surface area (Å²) < 4.78 is 5.62. The Labute approximate surface area is 105 Å². The maximum absolute atomic E-state index is 5.62. The number of ether oxygens (including phenoxy) is 1. The average Bonchev–Trinajstić information content (AvgIpc) is 2.29. The van der Waals surface area contributed by atoms with Gasteiger partial charge < -0.3 is 4.74 Å². The SMILES string of the molecule is Cc1ccc(C(C)(C)C)cc1C1CCCOC1. The molecule has 1 unspecified atom stereocenters. The van der Waals surface area contributed by atoms with Gasteiger partial charge in [0.15, 0.2) is 0 Å². The number of aryl methyl sites for hydroxylation is 1. The van der Waals surface area contributed by atoms with Crippen molar-refractivity contribution in [1.29, 1.82) is 0 Å². The summed E-state index contributed by atoms with van der Waals surface area (Å²) >= 11 is 0. The first kappa shape index (κ1) is 12.6. The summed E-state index contributed by atoms with van der Waals surface area (Å²) in [6.45, 7) is 10.9. The fraction of sp³-hybridized carbons (Fsp3) is 0.625. The van der Waals surface area contributed by atoms with Gasteiger partial charge in [-0.15, -0.1) is 0 Å². The lowest BCUT2D eigenvalue weighted by Crippen LogP contribution is -2.18. The molecule has 0 aromatic heterocycles. The molecule has 1 aromatic rings. The molecule has 1 atom stereocenters. The molecule has 1 heterocycles. The smallest absolute Gasteiger partial charge is 0.0534 e. The minimum Gasteiger partial charge on any atom is -0.381 e. The first-order valence-electron chi connectivity index (χ1n) is 6.67. The predicted molar refractivity (Wildman–Crippen MR) is 72.7 cm³/mol. The Bertz CT molecular complexity index is 381. The third-order valence-electron chi connectivity index (χ3n) is 3.75. The molecule has 94 valence electrons. The summed E-state index contributed by atoms with van der Waals surface area (Å²) in [5, 5.41) is 0. The van der Waals surface area contributed by atoms with E-state index in [-0.39, 0.29) is 5.41 Å². The Morgan fingerprint density at radius 1 is 1.24 bits per heavy atom. The highest BCUT2D eigenvalue weighted by Crippen LogP contribution is 2.31. The zero-order valence-electron chi connectivity index (χ0n) is 11.5. The molecule has 1 fully saturated rings. The van der Waals surface area contributed by atoms with Gasteiger partial charge in [-0.25, -0.2) is 0 Å². The van der Waals surface area contributed by atoms with Crippen LogP contribution in [0.3, 0.4) is 0 Å². The van der Waals surface area contributed by atoms with E-state index in [0.29, 0.717) is 5.92 Å². The van der Waals surface area contributed by atoms with Gasteiger partial charge in [-0.2, -0.15) is 0 Å². The highest BCUT2D eigenvalue weighted by molar-refractivity contribution is 5.37. The van der Waals surface area contributed by atoms with Crippen LogP contribution in [0.1, 0.15) is 56.2 Å². The van der Waals surface area contributed by atoms with E-state index in [1.165, 1.54) is 29.5 Å². The number of rotatable bonds is 1. The maximum Gasteiger partial charge on any atom is 0.0534 e. The molecule has 0 aliphatic carbocycles. The highest BCUT2D eigenvalue weighted by atomic mass is 16.5. The Morgan fingerprint density at radius 3 is 2.59 bits per heavy atom. The molecular formula is C16H24O. The second-order valence-corrected chi connectivity index (χ2v) is 6.24. The summed E-state index contributed by atoms with van der Waals surface area (Å²) in [6.07, 6.45) is 2.47. The van der Waals surface area contributed by atoms with E-state index in [0.717, 1.165) is 13.2 Å². The zero-order chi connectivity index (χ0) is 12.5. The fourth-order valence-corrected chi connectivity index (χ4v) is 2.53. The van der Waals surface area contributed by atoms with Gasteiger partial charge in [-0.1, -0.05) is 39.0 Å². The molecule has 1 heteroatoms. The standard InChI is InChI=1S/C16H24O/c1-12-7-8-14(16(2,3)4)10-15(12)13-6-5-9-17-11-13/h7-8,10,13H,5-6,9,11H2,1-4H3. The molecule has 1 aliphatic heterocycles. The van der Waals surface area contributed by atoms with Crippen LogP contribution in [0, 0.1) is 6.92 Å². The van der Waals surface area contributed by atoms with Crippen LogP contribution in [-0.2, 0) is 10.2 Å². The minimum atomic E-state index is 0.234. The Morgan fingerprint density at radius 2 is 2.00 bits per heavy atom. The first-order valence-corrected chi connectivity index (χ1v) is 6.67. The Hall–Kier alpha value is -0.820. The Balaban J connectivity index is 2.31. The molecular weight excluding hydrogens is 208 g/mol. The molecule has 2 rings (SSSR count). The molecule has 0 bridgehead atoms. The lowest BCUT2D eigenvalue weighted by molar-refractivity contribution is 0.0802. The summed E-state index contributed by atoms with van der Waals surface area (Å²) in [6, 6.07) is 6.93. The van der Waals surface area contributed by atoms with E-state index in [1.54, 1.807) is 0 Å². The van der Waals surface area contributed by atoms with Gasteiger partial charge >= 0.3 is 0 Å². The van der Waals surface area contributed by atoms with Crippen LogP contribution in [-0.4, -0.2) is 13.2 Å². The van der Waals surface area contributed by atoms with E-state index in [4.69, 9.17) is 4.74 Å². The van der Waals surface area contributed by atoms with Gasteiger partial charge in [0.1, 0.15) is 0 Å². The van der Waals surface area contributed by atoms with Crippen molar-refractivity contribution >= 4 is 0 Å². The van der Waals surface area contributed by atoms with Crippen molar-refractivity contribution in [1.82, 2.24) is 0 Å². The van der Waals surface area contributed by atoms with Gasteiger partial charge in [0.2, 0.25) is 0 Å². The van der Waals surface area contributed by atoms with Crippen LogP contribution >= 0.6 is 0 Å². The topological polar surface area (TPSA) is 9.23 Å². The maximum atomic E-state index is 5.62. The van der Waals surface area contributed by atoms with E-state index >= 15 is 0 Å². The van der Waals surface area contributed by atoms with Crippen molar-refractivity contribution in [3.05, 3.63) is 34.9 Å². The van der Waals surface area contributed by atoms with Crippen molar-refractivity contribution in [2.75, 3.05) is 13.2 Å². The fourth-order valence-electron chi connectivity index (χ4n) is 2.53. The average molecular weight is 232 g/mol. The lowest BCUT2D eigenvalue weighted by atomic mass is 9.82. The summed E-state index contributed by atoms with van der Waals surface area (Å²) in [4.78, 5) is 0. The third kappa shape index (κ3) is 2.90. The minimum absolute atomic E-state index is 0.234. The van der Waals surface area contributed by atoms with Crippen LogP contribution in [0.2, 0.25) is 0 Å². The second kappa shape index (κ2) is 4.81. The van der Waals surface area contributed by atoms with E-state index < -0.39 is 0 Å². The second-order valence-electron chi connectivity index (χ2n) is 6.24. The van der Waals surface area contributed by atoms with Crippen LogP contribution in [0.5, 0.6) is 0 Å². The molecule has 1 aromatic carbocycles. The van der Waals surface area contributed by atoms with Gasteiger partial charge in [0, 0.05) is 12.5 Å². The third-order valence-corrected chi connectivity index (χ3v) is 3.75. The molecule has 0 N–H and O–H groups in total. The molecule has 0 radical (unpaired) electrons. The number of benzene rings is 1. The van der Waals surface area contributed by atoms with Crippen LogP contribution in [0.15, 0.2) is 18.2 Å². The van der Waals surface area contributed by atoms with Gasteiger partial charge in [-0.05, 0) is 41.9 Å². The van der Waals surface area contributed by atoms with Crippen molar-refractivity contribution in [2.24, 2.45) is 0 Å². The van der Waals surface area contributed by atoms with Crippen LogP contribution in [0.25, 0.3) is 0 Å². The van der Waals surface area contributed by atoms with Crippen molar-refractivity contribution in [3.8, 4) is 0 Å². The van der Waals surface area contributed by atoms with E-state index in [2.05, 4.69) is 45.9 Å². The van der Waals surface area contributed by atoms with Crippen LogP contribution < -0.4 is 0 Å². The van der Waals surface area contributed by atoms with Crippen molar-refractivity contribution in [3.63, 3.8) is 0 Å². The normalized spacial score (nSPS) is 21.5. The van der Waals surface area contributed by atoms with Crippen LogP contribution in [0.4, 0.5) is 0 Å². The summed E-state index contributed by atoms with van der Waals surface area (Å²) in [5.41, 5.74) is 4.58.